The Kier molecular flexibility index (Phi) is 4.38. The quantitative estimate of drug-likeness (QED) is 0.614. The maximum atomic E-state index is 12.2. The molecule has 126 valence electrons. The van der Waals surface area contributed by atoms with Gasteiger partial charge < -0.3 is 14.5 Å². The second kappa shape index (κ2) is 6.47. The Balaban J connectivity index is 1.57. The van der Waals surface area contributed by atoms with Crippen molar-refractivity contribution in [1.29, 1.82) is 0 Å². The Labute approximate surface area is 140 Å². The van der Waals surface area contributed by atoms with Gasteiger partial charge in [0.1, 0.15) is 5.75 Å². The number of rotatable bonds is 4. The summed E-state index contributed by atoms with van der Waals surface area (Å²) in [4.78, 5) is 39.3. The molecule has 1 aromatic rings. The van der Waals surface area contributed by atoms with Gasteiger partial charge >= 0.3 is 0 Å². The average Bonchev–Trinajstić information content (AvgIpc) is 2.89. The summed E-state index contributed by atoms with van der Waals surface area (Å²) in [6.45, 7) is 3.46. The molecule has 2 heterocycles. The van der Waals surface area contributed by atoms with Crippen molar-refractivity contribution >= 4 is 17.6 Å². The highest BCUT2D eigenvalue weighted by molar-refractivity contribution is 6.07. The number of nitrogens with zero attached hydrogens (tertiary/aromatic N) is 2. The van der Waals surface area contributed by atoms with E-state index in [1.165, 1.54) is 12.2 Å². The van der Waals surface area contributed by atoms with E-state index in [4.69, 9.17) is 4.74 Å². The molecule has 2 atom stereocenters. The van der Waals surface area contributed by atoms with E-state index in [9.17, 15) is 14.4 Å². The molecular formula is C18H20N2O4. The predicted octanol–water partition coefficient (Wildman–Crippen LogP) is 1.12. The zero-order chi connectivity index (χ0) is 17.3. The third-order valence-corrected chi connectivity index (χ3v) is 4.71. The zero-order valence-corrected chi connectivity index (χ0v) is 13.8. The summed E-state index contributed by atoms with van der Waals surface area (Å²) in [7, 11) is 1.56. The van der Waals surface area contributed by atoms with Crippen molar-refractivity contribution in [3.63, 3.8) is 0 Å². The molecule has 2 aliphatic rings. The molecule has 24 heavy (non-hydrogen) atoms. The van der Waals surface area contributed by atoms with Gasteiger partial charge in [0.2, 0.25) is 11.8 Å². The van der Waals surface area contributed by atoms with Crippen LogP contribution in [0.3, 0.4) is 0 Å². The van der Waals surface area contributed by atoms with Crippen molar-refractivity contribution in [2.45, 2.75) is 13.0 Å². The number of methoxy groups -OCH3 is 1. The van der Waals surface area contributed by atoms with Crippen LogP contribution in [0.4, 0.5) is 0 Å². The van der Waals surface area contributed by atoms with Crippen LogP contribution in [0.1, 0.15) is 17.3 Å². The first-order valence-electron chi connectivity index (χ1n) is 7.92. The van der Waals surface area contributed by atoms with Gasteiger partial charge in [0.15, 0.2) is 5.78 Å². The second-order valence-corrected chi connectivity index (χ2v) is 6.17. The summed E-state index contributed by atoms with van der Waals surface area (Å²) < 4.78 is 5.05. The van der Waals surface area contributed by atoms with E-state index in [2.05, 4.69) is 0 Å². The number of hydrogen-bond acceptors (Lipinski definition) is 4. The fourth-order valence-electron chi connectivity index (χ4n) is 3.28. The van der Waals surface area contributed by atoms with Gasteiger partial charge in [-0.25, -0.2) is 0 Å². The first-order chi connectivity index (χ1) is 11.5. The number of hydrogen-bond donors (Lipinski definition) is 0. The maximum absolute atomic E-state index is 12.2. The molecule has 0 radical (unpaired) electrons. The zero-order valence-electron chi connectivity index (χ0n) is 13.8. The number of allylic oxidation sites excluding steroid dienone is 1. The molecule has 2 saturated heterocycles. The summed E-state index contributed by atoms with van der Waals surface area (Å²) in [6.07, 6.45) is 2.61. The van der Waals surface area contributed by atoms with Crippen molar-refractivity contribution in [2.24, 2.45) is 5.92 Å². The molecule has 0 bridgehead atoms. The molecular weight excluding hydrogens is 308 g/mol. The highest BCUT2D eigenvalue weighted by atomic mass is 16.5. The monoisotopic (exact) mass is 328 g/mol. The minimum Gasteiger partial charge on any atom is -0.497 e. The van der Waals surface area contributed by atoms with Crippen molar-refractivity contribution in [3.05, 3.63) is 42.0 Å². The lowest BCUT2D eigenvalue weighted by molar-refractivity contribution is -0.138. The molecule has 2 amide bonds. The van der Waals surface area contributed by atoms with Crippen LogP contribution in [0.15, 0.2) is 36.4 Å². The maximum Gasteiger partial charge on any atom is 0.246 e. The normalized spacial score (nSPS) is 22.2. The van der Waals surface area contributed by atoms with Crippen LogP contribution in [0, 0.1) is 5.92 Å². The highest BCUT2D eigenvalue weighted by Gasteiger charge is 2.47. The smallest absolute Gasteiger partial charge is 0.246 e. The van der Waals surface area contributed by atoms with Crippen LogP contribution in [-0.4, -0.2) is 60.2 Å². The fraction of sp³-hybridized carbons (Fsp3) is 0.389. The van der Waals surface area contributed by atoms with Crippen molar-refractivity contribution < 1.29 is 19.1 Å². The molecule has 0 saturated carbocycles. The molecule has 0 aromatic heterocycles. The van der Waals surface area contributed by atoms with E-state index >= 15 is 0 Å². The van der Waals surface area contributed by atoms with Gasteiger partial charge in [0.25, 0.3) is 0 Å². The first-order valence-corrected chi connectivity index (χ1v) is 7.92. The molecule has 0 spiro atoms. The van der Waals surface area contributed by atoms with Gasteiger partial charge in [-0.05, 0) is 30.3 Å². The largest absolute Gasteiger partial charge is 0.497 e. The fourth-order valence-corrected chi connectivity index (χ4v) is 3.28. The van der Waals surface area contributed by atoms with Crippen molar-refractivity contribution in [2.75, 3.05) is 26.7 Å². The summed E-state index contributed by atoms with van der Waals surface area (Å²) in [5.74, 6) is 0.682. The molecule has 3 rings (SSSR count). The van der Waals surface area contributed by atoms with Crippen molar-refractivity contribution in [3.8, 4) is 5.75 Å². The lowest BCUT2D eigenvalue weighted by Gasteiger charge is -2.42. The first kappa shape index (κ1) is 16.2. The van der Waals surface area contributed by atoms with E-state index < -0.39 is 0 Å². The Hall–Kier alpha value is -2.63. The molecule has 6 heteroatoms. The van der Waals surface area contributed by atoms with Gasteiger partial charge in [-0.3, -0.25) is 14.4 Å². The van der Waals surface area contributed by atoms with E-state index in [0.717, 1.165) is 6.54 Å². The van der Waals surface area contributed by atoms with Crippen LogP contribution in [0.2, 0.25) is 0 Å². The summed E-state index contributed by atoms with van der Waals surface area (Å²) >= 11 is 0. The molecule has 1 aromatic carbocycles. The third kappa shape index (κ3) is 3.04. The van der Waals surface area contributed by atoms with E-state index in [0.29, 0.717) is 30.3 Å². The molecule has 6 nitrogen and oxygen atoms in total. The molecule has 2 fully saturated rings. The van der Waals surface area contributed by atoms with Crippen LogP contribution < -0.4 is 4.74 Å². The molecule has 0 aliphatic carbocycles. The van der Waals surface area contributed by atoms with Crippen LogP contribution in [-0.2, 0) is 9.59 Å². The van der Waals surface area contributed by atoms with Gasteiger partial charge in [0.05, 0.1) is 13.2 Å². The predicted molar refractivity (Wildman–Crippen MR) is 87.7 cm³/mol. The number of benzene rings is 1. The summed E-state index contributed by atoms with van der Waals surface area (Å²) in [6, 6.07) is 6.87. The summed E-state index contributed by atoms with van der Waals surface area (Å²) in [5.41, 5.74) is 0.504. The number of likely N-dealkylation sites (tertiary alicyclic amines) is 2. The number of carbonyl (C=O) groups is 3. The lowest BCUT2D eigenvalue weighted by Crippen LogP contribution is -2.57. The number of ketones is 1. The Morgan fingerprint density at radius 1 is 1.08 bits per heavy atom. The number of carbonyl (C=O) groups excluding carboxylic acids is 3. The van der Waals surface area contributed by atoms with Crippen LogP contribution in [0.5, 0.6) is 5.75 Å². The summed E-state index contributed by atoms with van der Waals surface area (Å²) in [5, 5.41) is 0. The van der Waals surface area contributed by atoms with Gasteiger partial charge in [-0.1, -0.05) is 0 Å². The third-order valence-electron chi connectivity index (χ3n) is 4.71. The average molecular weight is 328 g/mol. The second-order valence-electron chi connectivity index (χ2n) is 6.17. The van der Waals surface area contributed by atoms with E-state index in [1.54, 1.807) is 48.1 Å². The highest BCUT2D eigenvalue weighted by Crippen LogP contribution is 2.32. The number of ether oxygens (including phenoxy) is 1. The molecule has 2 aliphatic heterocycles. The SMILES string of the molecule is COc1ccc(C(=O)/C=C/C(=O)N2CC3CN(C(C)=O)C3C2)cc1. The Bertz CT molecular complexity index is 695. The molecule has 0 N–H and O–H groups in total. The van der Waals surface area contributed by atoms with Crippen molar-refractivity contribution in [1.82, 2.24) is 9.80 Å². The minimum absolute atomic E-state index is 0.0516. The van der Waals surface area contributed by atoms with E-state index in [-0.39, 0.29) is 23.6 Å². The Morgan fingerprint density at radius 2 is 1.79 bits per heavy atom. The molecule has 2 unspecified atom stereocenters. The van der Waals surface area contributed by atoms with Gasteiger partial charge in [-0.2, -0.15) is 0 Å². The number of amides is 2. The lowest BCUT2D eigenvalue weighted by atomic mass is 9.92. The van der Waals surface area contributed by atoms with Gasteiger partial charge in [0, 0.05) is 44.1 Å². The van der Waals surface area contributed by atoms with E-state index in [1.807, 2.05) is 0 Å². The van der Waals surface area contributed by atoms with Crippen LogP contribution in [0.25, 0.3) is 0 Å². The standard InChI is InChI=1S/C18H20N2O4/c1-12(21)20-10-14-9-19(11-16(14)20)18(23)8-7-17(22)13-3-5-15(24-2)6-4-13/h3-8,14,16H,9-11H2,1-2H3/b8-7+. The minimum atomic E-state index is -0.224. The van der Waals surface area contributed by atoms with Gasteiger partial charge in [-0.15, -0.1) is 0 Å². The Morgan fingerprint density at radius 3 is 2.42 bits per heavy atom. The van der Waals surface area contributed by atoms with Crippen LogP contribution >= 0.6 is 0 Å². The topological polar surface area (TPSA) is 66.9 Å². The number of fused-ring (bicyclic) bond motifs is 1.